The number of rotatable bonds is 4. The summed E-state index contributed by atoms with van der Waals surface area (Å²) < 4.78 is 23.3. The first-order valence-electron chi connectivity index (χ1n) is 7.17. The molecule has 0 atom stereocenters. The molecule has 0 aliphatic rings. The summed E-state index contributed by atoms with van der Waals surface area (Å²) in [6, 6.07) is 0. The van der Waals surface area contributed by atoms with Gasteiger partial charge in [0.1, 0.15) is 16.9 Å². The molecule has 0 fully saturated rings. The first-order valence-corrected chi connectivity index (χ1v) is 7.17. The van der Waals surface area contributed by atoms with Crippen molar-refractivity contribution >= 4 is 12.1 Å². The van der Waals surface area contributed by atoms with Crippen molar-refractivity contribution in [3.63, 3.8) is 0 Å². The number of esters is 1. The molecule has 128 valence electrons. The smallest absolute Gasteiger partial charge is 0.412 e. The van der Waals surface area contributed by atoms with Crippen molar-refractivity contribution < 1.29 is 23.5 Å². The molecule has 0 unspecified atom stereocenters. The first kappa shape index (κ1) is 20.4. The molecule has 0 aromatic carbocycles. The van der Waals surface area contributed by atoms with Gasteiger partial charge >= 0.3 is 12.1 Å². The zero-order valence-electron chi connectivity index (χ0n) is 14.8. The maximum atomic E-state index is 13.0. The Morgan fingerprint density at radius 1 is 0.955 bits per heavy atom. The van der Waals surface area contributed by atoms with Gasteiger partial charge in [-0.3, -0.25) is 9.71 Å². The molecule has 0 aliphatic carbocycles. The molecule has 1 N–H and O–H groups in total. The number of amides is 1. The van der Waals surface area contributed by atoms with Gasteiger partial charge in [0.15, 0.2) is 0 Å². The van der Waals surface area contributed by atoms with Crippen molar-refractivity contribution in [1.82, 2.24) is 5.32 Å². The summed E-state index contributed by atoms with van der Waals surface area (Å²) in [5.74, 6) is -0.736. The van der Waals surface area contributed by atoms with Crippen LogP contribution in [-0.4, -0.2) is 29.9 Å². The fraction of sp³-hybridized carbons (Fsp3) is 0.750. The number of nitrogens with one attached hydrogen (secondary N) is 1. The van der Waals surface area contributed by atoms with Crippen molar-refractivity contribution in [2.24, 2.45) is 5.41 Å². The second-order valence-corrected chi connectivity index (χ2v) is 7.81. The van der Waals surface area contributed by atoms with E-state index >= 15 is 0 Å². The Bertz CT molecular complexity index is 442. The number of halogens is 1. The molecule has 0 heterocycles. The Labute approximate surface area is 132 Å². The molecule has 5 nitrogen and oxygen atoms in total. The fourth-order valence-electron chi connectivity index (χ4n) is 1.32. The number of alkyl halides is 1. The summed E-state index contributed by atoms with van der Waals surface area (Å²) >= 11 is 0. The van der Waals surface area contributed by atoms with Crippen LogP contribution in [0.2, 0.25) is 0 Å². The Morgan fingerprint density at radius 3 is 1.77 bits per heavy atom. The molecule has 1 amide bonds. The number of allylic oxidation sites excluding steroid dienone is 1. The molecule has 0 aliphatic heterocycles. The quantitative estimate of drug-likeness (QED) is 0.634. The maximum Gasteiger partial charge on any atom is 0.412 e. The topological polar surface area (TPSA) is 64.6 Å². The predicted molar refractivity (Wildman–Crippen MR) is 83.1 cm³/mol. The lowest BCUT2D eigenvalue weighted by Gasteiger charge is -2.24. The minimum absolute atomic E-state index is 0.133. The van der Waals surface area contributed by atoms with Gasteiger partial charge in [-0.1, -0.05) is 13.8 Å². The van der Waals surface area contributed by atoms with Gasteiger partial charge in [-0.2, -0.15) is 0 Å². The number of hydrogen-bond acceptors (Lipinski definition) is 4. The Balaban J connectivity index is 5.28. The number of carbonyl (C=O) groups is 2. The monoisotopic (exact) mass is 317 g/mol. The number of alkyl carbamates (subject to hydrolysis) is 1. The van der Waals surface area contributed by atoms with Gasteiger partial charge in [0.25, 0.3) is 0 Å². The third-order valence-corrected chi connectivity index (χ3v) is 2.13. The molecule has 0 spiro atoms. The first-order chi connectivity index (χ1) is 9.65. The highest BCUT2D eigenvalue weighted by atomic mass is 19.1. The van der Waals surface area contributed by atoms with E-state index in [1.54, 1.807) is 55.4 Å². The SMILES string of the molecule is CC(C)(C=C(NC(=O)OC(C)(C)C)C(=O)OC(C)(C)C)CF. The summed E-state index contributed by atoms with van der Waals surface area (Å²) in [5.41, 5.74) is -2.49. The van der Waals surface area contributed by atoms with Crippen molar-refractivity contribution in [3.8, 4) is 0 Å². The van der Waals surface area contributed by atoms with Crippen LogP contribution in [0.15, 0.2) is 11.8 Å². The third-order valence-electron chi connectivity index (χ3n) is 2.13. The summed E-state index contributed by atoms with van der Waals surface area (Å²) in [6.07, 6.45) is 0.546. The van der Waals surface area contributed by atoms with E-state index in [0.29, 0.717) is 0 Å². The molecule has 0 radical (unpaired) electrons. The normalized spacial score (nSPS) is 13.6. The summed E-state index contributed by atoms with van der Waals surface area (Å²) in [4.78, 5) is 24.0. The van der Waals surface area contributed by atoms with Crippen LogP contribution in [0.4, 0.5) is 9.18 Å². The molecular formula is C16H28FNO4. The molecule has 6 heteroatoms. The van der Waals surface area contributed by atoms with Crippen LogP contribution in [-0.2, 0) is 14.3 Å². The molecule has 0 saturated heterocycles. The van der Waals surface area contributed by atoms with Gasteiger partial charge in [0, 0.05) is 5.41 Å². The van der Waals surface area contributed by atoms with Crippen LogP contribution in [0.5, 0.6) is 0 Å². The van der Waals surface area contributed by atoms with E-state index in [-0.39, 0.29) is 5.70 Å². The lowest BCUT2D eigenvalue weighted by molar-refractivity contribution is -0.150. The van der Waals surface area contributed by atoms with E-state index in [4.69, 9.17) is 9.47 Å². The molecule has 0 bridgehead atoms. The van der Waals surface area contributed by atoms with Crippen LogP contribution >= 0.6 is 0 Å². The highest BCUT2D eigenvalue weighted by Crippen LogP contribution is 2.21. The molecule has 22 heavy (non-hydrogen) atoms. The maximum absolute atomic E-state index is 13.0. The summed E-state index contributed by atoms with van der Waals surface area (Å²) in [7, 11) is 0. The van der Waals surface area contributed by atoms with Gasteiger partial charge in [0.2, 0.25) is 0 Å². The van der Waals surface area contributed by atoms with Gasteiger partial charge < -0.3 is 9.47 Å². The zero-order valence-corrected chi connectivity index (χ0v) is 14.8. The lowest BCUT2D eigenvalue weighted by Crippen LogP contribution is -2.37. The van der Waals surface area contributed by atoms with Crippen LogP contribution in [0.25, 0.3) is 0 Å². The van der Waals surface area contributed by atoms with Gasteiger partial charge in [-0.25, -0.2) is 9.59 Å². The number of carbonyl (C=O) groups excluding carboxylic acids is 2. The van der Waals surface area contributed by atoms with Crippen LogP contribution in [0.3, 0.4) is 0 Å². The van der Waals surface area contributed by atoms with E-state index in [2.05, 4.69) is 5.32 Å². The van der Waals surface area contributed by atoms with E-state index in [1.165, 1.54) is 6.08 Å². The van der Waals surface area contributed by atoms with Crippen molar-refractivity contribution in [2.45, 2.75) is 66.6 Å². The Kier molecular flexibility index (Phi) is 6.60. The van der Waals surface area contributed by atoms with E-state index in [1.807, 2.05) is 0 Å². The lowest BCUT2D eigenvalue weighted by atomic mass is 9.94. The largest absolute Gasteiger partial charge is 0.455 e. The highest BCUT2D eigenvalue weighted by molar-refractivity contribution is 5.92. The Hall–Kier alpha value is -1.59. The van der Waals surface area contributed by atoms with Gasteiger partial charge in [-0.05, 0) is 47.6 Å². The Morgan fingerprint density at radius 2 is 1.41 bits per heavy atom. The predicted octanol–water partition coefficient (Wildman–Crippen LogP) is 3.73. The minimum atomic E-state index is -0.915. The van der Waals surface area contributed by atoms with Crippen LogP contribution < -0.4 is 5.32 Å². The van der Waals surface area contributed by atoms with Crippen molar-refractivity contribution in [1.29, 1.82) is 0 Å². The minimum Gasteiger partial charge on any atom is -0.455 e. The summed E-state index contributed by atoms with van der Waals surface area (Å²) in [5, 5.41) is 2.35. The average molecular weight is 317 g/mol. The molecule has 0 saturated carbocycles. The molecule has 0 rings (SSSR count). The standard InChI is InChI=1S/C16H28FNO4/c1-14(2,3)21-12(19)11(9-16(7,8)10-17)18-13(20)22-15(4,5)6/h9H,10H2,1-8H3,(H,18,20). The zero-order chi connectivity index (χ0) is 17.8. The highest BCUT2D eigenvalue weighted by Gasteiger charge is 2.26. The van der Waals surface area contributed by atoms with Crippen LogP contribution in [0.1, 0.15) is 55.4 Å². The summed E-state index contributed by atoms with van der Waals surface area (Å²) in [6.45, 7) is 12.7. The van der Waals surface area contributed by atoms with E-state index < -0.39 is 35.4 Å². The number of ether oxygens (including phenoxy) is 2. The van der Waals surface area contributed by atoms with Crippen LogP contribution in [0, 0.1) is 5.41 Å². The van der Waals surface area contributed by atoms with E-state index in [0.717, 1.165) is 0 Å². The third kappa shape index (κ3) is 9.37. The van der Waals surface area contributed by atoms with Crippen molar-refractivity contribution in [2.75, 3.05) is 6.67 Å². The van der Waals surface area contributed by atoms with Gasteiger partial charge in [0.05, 0.1) is 6.67 Å². The van der Waals surface area contributed by atoms with Crippen molar-refractivity contribution in [3.05, 3.63) is 11.8 Å². The second-order valence-electron chi connectivity index (χ2n) is 7.81. The molecular weight excluding hydrogens is 289 g/mol. The fourth-order valence-corrected chi connectivity index (χ4v) is 1.32. The molecule has 0 aromatic heterocycles. The number of hydrogen-bond donors (Lipinski definition) is 1. The second kappa shape index (κ2) is 7.11. The van der Waals surface area contributed by atoms with E-state index in [9.17, 15) is 14.0 Å². The molecule has 0 aromatic rings. The average Bonchev–Trinajstić information content (AvgIpc) is 2.22. The van der Waals surface area contributed by atoms with Gasteiger partial charge in [-0.15, -0.1) is 0 Å².